The fraction of sp³-hybridized carbons (Fsp3) is 0.455. The summed E-state index contributed by atoms with van der Waals surface area (Å²) in [5, 5.41) is 0.677. The Labute approximate surface area is 167 Å². The van der Waals surface area contributed by atoms with Gasteiger partial charge in [0.15, 0.2) is 0 Å². The standard InChI is InChI=1S/C22H28ClN3O/c1-2-25-13-10-21(11-14-25)26(15-9-20-8-3-4-12-24-20)22(27)17-18-6-5-7-19(23)16-18/h3-8,12,16,21H,2,9-11,13-15,17H2,1H3. The van der Waals surface area contributed by atoms with Crippen LogP contribution in [0.25, 0.3) is 0 Å². The number of aromatic nitrogens is 1. The lowest BCUT2D eigenvalue weighted by Crippen LogP contribution is -2.48. The van der Waals surface area contributed by atoms with E-state index in [1.54, 1.807) is 0 Å². The molecule has 1 aromatic heterocycles. The van der Waals surface area contributed by atoms with Crippen LogP contribution in [0.4, 0.5) is 0 Å². The largest absolute Gasteiger partial charge is 0.339 e. The van der Waals surface area contributed by atoms with E-state index in [0.29, 0.717) is 24.0 Å². The number of amides is 1. The second kappa shape index (κ2) is 9.86. The van der Waals surface area contributed by atoms with E-state index < -0.39 is 0 Å². The van der Waals surface area contributed by atoms with Crippen LogP contribution in [0.2, 0.25) is 5.02 Å². The quantitative estimate of drug-likeness (QED) is 0.726. The summed E-state index contributed by atoms with van der Waals surface area (Å²) in [6.45, 7) is 6.12. The van der Waals surface area contributed by atoms with Crippen molar-refractivity contribution in [3.05, 3.63) is 64.9 Å². The molecule has 1 saturated heterocycles. The van der Waals surface area contributed by atoms with Crippen LogP contribution in [0.1, 0.15) is 31.0 Å². The molecular weight excluding hydrogens is 358 g/mol. The maximum atomic E-state index is 13.1. The Morgan fingerprint density at radius 1 is 1.22 bits per heavy atom. The molecular formula is C22H28ClN3O. The van der Waals surface area contributed by atoms with E-state index in [-0.39, 0.29) is 5.91 Å². The zero-order chi connectivity index (χ0) is 19.1. The highest BCUT2D eigenvalue weighted by Gasteiger charge is 2.27. The minimum atomic E-state index is 0.183. The Morgan fingerprint density at radius 3 is 2.70 bits per heavy atom. The molecule has 0 aliphatic carbocycles. The number of benzene rings is 1. The third-order valence-electron chi connectivity index (χ3n) is 5.34. The number of hydrogen-bond acceptors (Lipinski definition) is 3. The predicted octanol–water partition coefficient (Wildman–Crippen LogP) is 3.83. The summed E-state index contributed by atoms with van der Waals surface area (Å²) < 4.78 is 0. The minimum Gasteiger partial charge on any atom is -0.339 e. The SMILES string of the molecule is CCN1CCC(N(CCc2ccccn2)C(=O)Cc2cccc(Cl)c2)CC1. The minimum absolute atomic E-state index is 0.183. The highest BCUT2D eigenvalue weighted by molar-refractivity contribution is 6.30. The highest BCUT2D eigenvalue weighted by atomic mass is 35.5. The topological polar surface area (TPSA) is 36.4 Å². The molecule has 1 aromatic carbocycles. The Bertz CT molecular complexity index is 729. The number of nitrogens with zero attached hydrogens (tertiary/aromatic N) is 3. The summed E-state index contributed by atoms with van der Waals surface area (Å²) in [6, 6.07) is 13.9. The molecule has 5 heteroatoms. The van der Waals surface area contributed by atoms with Gasteiger partial charge in [0.1, 0.15) is 0 Å². The molecule has 0 atom stereocenters. The van der Waals surface area contributed by atoms with Gasteiger partial charge in [-0.2, -0.15) is 0 Å². The molecule has 27 heavy (non-hydrogen) atoms. The van der Waals surface area contributed by atoms with E-state index in [2.05, 4.69) is 21.7 Å². The van der Waals surface area contributed by atoms with Gasteiger partial charge < -0.3 is 9.80 Å². The molecule has 2 aromatic rings. The lowest BCUT2D eigenvalue weighted by Gasteiger charge is -2.38. The molecule has 0 N–H and O–H groups in total. The fourth-order valence-electron chi connectivity index (χ4n) is 3.76. The van der Waals surface area contributed by atoms with E-state index >= 15 is 0 Å². The van der Waals surface area contributed by atoms with E-state index in [9.17, 15) is 4.79 Å². The first-order valence-electron chi connectivity index (χ1n) is 9.82. The molecule has 1 aliphatic rings. The number of likely N-dealkylation sites (tertiary alicyclic amines) is 1. The molecule has 4 nitrogen and oxygen atoms in total. The number of rotatable bonds is 7. The lowest BCUT2D eigenvalue weighted by atomic mass is 10.0. The third kappa shape index (κ3) is 5.78. The van der Waals surface area contributed by atoms with E-state index in [0.717, 1.165) is 50.2 Å². The van der Waals surface area contributed by atoms with Gasteiger partial charge in [-0.1, -0.05) is 36.7 Å². The molecule has 0 radical (unpaired) electrons. The van der Waals surface area contributed by atoms with Crippen LogP contribution >= 0.6 is 11.6 Å². The summed E-state index contributed by atoms with van der Waals surface area (Å²) in [7, 11) is 0. The van der Waals surface area contributed by atoms with Crippen molar-refractivity contribution in [2.75, 3.05) is 26.2 Å². The van der Waals surface area contributed by atoms with Crippen LogP contribution in [-0.4, -0.2) is 52.9 Å². The predicted molar refractivity (Wildman–Crippen MR) is 110 cm³/mol. The van der Waals surface area contributed by atoms with Crippen LogP contribution < -0.4 is 0 Å². The van der Waals surface area contributed by atoms with Crippen LogP contribution in [0.15, 0.2) is 48.7 Å². The molecule has 0 unspecified atom stereocenters. The van der Waals surface area contributed by atoms with Crippen molar-refractivity contribution in [1.29, 1.82) is 0 Å². The zero-order valence-corrected chi connectivity index (χ0v) is 16.7. The van der Waals surface area contributed by atoms with Gasteiger partial charge in [0.25, 0.3) is 0 Å². The van der Waals surface area contributed by atoms with Crippen molar-refractivity contribution in [2.45, 2.75) is 38.6 Å². The molecule has 2 heterocycles. The first-order chi connectivity index (χ1) is 13.2. The molecule has 0 bridgehead atoms. The maximum absolute atomic E-state index is 13.1. The summed E-state index contributed by atoms with van der Waals surface area (Å²) >= 11 is 6.09. The van der Waals surface area contributed by atoms with Gasteiger partial charge in [-0.3, -0.25) is 9.78 Å². The Morgan fingerprint density at radius 2 is 2.04 bits per heavy atom. The van der Waals surface area contributed by atoms with Crippen molar-refractivity contribution >= 4 is 17.5 Å². The molecule has 0 spiro atoms. The molecule has 1 fully saturated rings. The average molecular weight is 386 g/mol. The number of halogens is 1. The maximum Gasteiger partial charge on any atom is 0.227 e. The second-order valence-corrected chi connectivity index (χ2v) is 7.57. The smallest absolute Gasteiger partial charge is 0.227 e. The Balaban J connectivity index is 1.69. The first-order valence-corrected chi connectivity index (χ1v) is 10.2. The van der Waals surface area contributed by atoms with Crippen molar-refractivity contribution < 1.29 is 4.79 Å². The highest BCUT2D eigenvalue weighted by Crippen LogP contribution is 2.19. The van der Waals surface area contributed by atoms with Crippen LogP contribution in [0.5, 0.6) is 0 Å². The molecule has 1 amide bonds. The van der Waals surface area contributed by atoms with Crippen molar-refractivity contribution in [3.63, 3.8) is 0 Å². The van der Waals surface area contributed by atoms with Gasteiger partial charge in [0, 0.05) is 49.0 Å². The zero-order valence-electron chi connectivity index (χ0n) is 16.0. The second-order valence-electron chi connectivity index (χ2n) is 7.13. The first kappa shape index (κ1) is 19.8. The van der Waals surface area contributed by atoms with Crippen molar-refractivity contribution in [2.24, 2.45) is 0 Å². The van der Waals surface area contributed by atoms with E-state index in [1.807, 2.05) is 48.7 Å². The Hall–Kier alpha value is -1.91. The van der Waals surface area contributed by atoms with Gasteiger partial charge in [0.05, 0.1) is 6.42 Å². The molecule has 1 aliphatic heterocycles. The number of carbonyl (C=O) groups excluding carboxylic acids is 1. The summed E-state index contributed by atoms with van der Waals surface area (Å²) in [6.07, 6.45) is 5.08. The number of carbonyl (C=O) groups is 1. The molecule has 144 valence electrons. The number of piperidine rings is 1. The lowest BCUT2D eigenvalue weighted by molar-refractivity contribution is -0.133. The van der Waals surface area contributed by atoms with E-state index in [4.69, 9.17) is 11.6 Å². The Kier molecular flexibility index (Phi) is 7.25. The normalized spacial score (nSPS) is 15.6. The average Bonchev–Trinajstić information content (AvgIpc) is 2.69. The number of hydrogen-bond donors (Lipinski definition) is 0. The summed E-state index contributed by atoms with van der Waals surface area (Å²) in [5.74, 6) is 0.183. The van der Waals surface area contributed by atoms with E-state index in [1.165, 1.54) is 0 Å². The molecule has 3 rings (SSSR count). The summed E-state index contributed by atoms with van der Waals surface area (Å²) in [4.78, 5) is 22.1. The van der Waals surface area contributed by atoms with Gasteiger partial charge in [0.2, 0.25) is 5.91 Å². The van der Waals surface area contributed by atoms with Gasteiger partial charge in [-0.15, -0.1) is 0 Å². The summed E-state index contributed by atoms with van der Waals surface area (Å²) in [5.41, 5.74) is 2.00. The van der Waals surface area contributed by atoms with Crippen LogP contribution in [0, 0.1) is 0 Å². The van der Waals surface area contributed by atoms with Crippen LogP contribution in [-0.2, 0) is 17.6 Å². The van der Waals surface area contributed by atoms with Crippen molar-refractivity contribution in [3.8, 4) is 0 Å². The monoisotopic (exact) mass is 385 g/mol. The third-order valence-corrected chi connectivity index (χ3v) is 5.58. The van der Waals surface area contributed by atoms with Crippen LogP contribution in [0.3, 0.4) is 0 Å². The molecule has 0 saturated carbocycles. The van der Waals surface area contributed by atoms with Gasteiger partial charge in [-0.25, -0.2) is 0 Å². The van der Waals surface area contributed by atoms with Crippen molar-refractivity contribution in [1.82, 2.24) is 14.8 Å². The van der Waals surface area contributed by atoms with Gasteiger partial charge in [-0.05, 0) is 49.2 Å². The number of pyridine rings is 1. The van der Waals surface area contributed by atoms with Gasteiger partial charge >= 0.3 is 0 Å². The fourth-order valence-corrected chi connectivity index (χ4v) is 3.98.